The van der Waals surface area contributed by atoms with Crippen LogP contribution in [0.1, 0.15) is 25.3 Å². The smallest absolute Gasteiger partial charge is 0.0650 e. The van der Waals surface area contributed by atoms with Gasteiger partial charge in [-0.3, -0.25) is 10.1 Å². The normalized spacial score (nSPS) is 21.1. The number of aliphatic imine (C=N–C) groups is 1. The van der Waals surface area contributed by atoms with E-state index in [0.29, 0.717) is 0 Å². The first kappa shape index (κ1) is 9.58. The molecule has 0 radical (unpaired) electrons. The first-order chi connectivity index (χ1) is 7.83. The van der Waals surface area contributed by atoms with Crippen LogP contribution in [-0.2, 0) is 0 Å². The van der Waals surface area contributed by atoms with Crippen molar-refractivity contribution in [2.24, 2.45) is 10.9 Å². The zero-order valence-corrected chi connectivity index (χ0v) is 9.40. The van der Waals surface area contributed by atoms with Gasteiger partial charge in [0.05, 0.1) is 11.7 Å². The summed E-state index contributed by atoms with van der Waals surface area (Å²) in [4.78, 5) is 4.66. The molecule has 1 aliphatic heterocycles. The van der Waals surface area contributed by atoms with E-state index >= 15 is 0 Å². The van der Waals surface area contributed by atoms with E-state index in [2.05, 4.69) is 40.3 Å². The standard InChI is InChI=1S/C13H15N3/c1-9-2-4-12(14-7-9)10-3-5-13-11(6-10)8-15-16-13/h3,5-6,8-9H,2,4,7H2,1H3,(H,15,16). The Hall–Kier alpha value is -1.64. The van der Waals surface area contributed by atoms with Gasteiger partial charge in [-0.05, 0) is 36.5 Å². The van der Waals surface area contributed by atoms with E-state index in [4.69, 9.17) is 0 Å². The van der Waals surface area contributed by atoms with Crippen molar-refractivity contribution in [3.05, 3.63) is 30.0 Å². The third-order valence-corrected chi connectivity index (χ3v) is 3.24. The predicted molar refractivity (Wildman–Crippen MR) is 65.9 cm³/mol. The van der Waals surface area contributed by atoms with E-state index in [1.54, 1.807) is 0 Å². The highest BCUT2D eigenvalue weighted by atomic mass is 15.1. The lowest BCUT2D eigenvalue weighted by molar-refractivity contribution is 0.538. The molecule has 1 unspecified atom stereocenters. The van der Waals surface area contributed by atoms with Crippen LogP contribution in [0.15, 0.2) is 29.4 Å². The van der Waals surface area contributed by atoms with Gasteiger partial charge in [0.15, 0.2) is 0 Å². The summed E-state index contributed by atoms with van der Waals surface area (Å²) in [6.07, 6.45) is 4.22. The lowest BCUT2D eigenvalue weighted by atomic mass is 9.95. The highest BCUT2D eigenvalue weighted by Gasteiger charge is 2.13. The molecule has 1 aromatic carbocycles. The molecule has 2 aromatic rings. The molecular weight excluding hydrogens is 198 g/mol. The largest absolute Gasteiger partial charge is 0.289 e. The van der Waals surface area contributed by atoms with Crippen molar-refractivity contribution >= 4 is 16.6 Å². The molecule has 1 atom stereocenters. The molecule has 0 saturated heterocycles. The lowest BCUT2D eigenvalue weighted by Crippen LogP contribution is -2.14. The fourth-order valence-electron chi connectivity index (χ4n) is 2.18. The molecule has 3 nitrogen and oxygen atoms in total. The Kier molecular flexibility index (Phi) is 2.24. The third-order valence-electron chi connectivity index (χ3n) is 3.24. The molecule has 3 rings (SSSR count). The summed E-state index contributed by atoms with van der Waals surface area (Å²) < 4.78 is 0. The van der Waals surface area contributed by atoms with Crippen molar-refractivity contribution in [3.63, 3.8) is 0 Å². The number of fused-ring (bicyclic) bond motifs is 1. The van der Waals surface area contributed by atoms with E-state index in [1.807, 2.05) is 6.20 Å². The molecule has 0 aliphatic carbocycles. The Morgan fingerprint density at radius 2 is 2.31 bits per heavy atom. The van der Waals surface area contributed by atoms with E-state index in [1.165, 1.54) is 23.1 Å². The summed E-state index contributed by atoms with van der Waals surface area (Å²) in [5, 5.41) is 8.17. The molecule has 0 fully saturated rings. The van der Waals surface area contributed by atoms with Gasteiger partial charge in [-0.2, -0.15) is 5.10 Å². The van der Waals surface area contributed by atoms with Crippen molar-refractivity contribution in [2.75, 3.05) is 6.54 Å². The number of hydrogen-bond donors (Lipinski definition) is 1. The molecule has 82 valence electrons. The zero-order chi connectivity index (χ0) is 11.0. The number of hydrogen-bond acceptors (Lipinski definition) is 2. The van der Waals surface area contributed by atoms with E-state index in [9.17, 15) is 0 Å². The van der Waals surface area contributed by atoms with Gasteiger partial charge in [-0.1, -0.05) is 13.0 Å². The average molecular weight is 213 g/mol. The number of aromatic nitrogens is 2. The minimum Gasteiger partial charge on any atom is -0.289 e. The van der Waals surface area contributed by atoms with Gasteiger partial charge in [0, 0.05) is 17.6 Å². The highest BCUT2D eigenvalue weighted by molar-refractivity contribution is 6.03. The van der Waals surface area contributed by atoms with Crippen molar-refractivity contribution in [3.8, 4) is 0 Å². The summed E-state index contributed by atoms with van der Waals surface area (Å²) in [5.41, 5.74) is 3.59. The second-order valence-electron chi connectivity index (χ2n) is 4.60. The lowest BCUT2D eigenvalue weighted by Gasteiger charge is -2.17. The minimum atomic E-state index is 0.737. The SMILES string of the molecule is CC1CCC(c2ccc3[nH]ncc3c2)=NC1. The summed E-state index contributed by atoms with van der Waals surface area (Å²) in [7, 11) is 0. The zero-order valence-electron chi connectivity index (χ0n) is 9.40. The summed E-state index contributed by atoms with van der Waals surface area (Å²) in [5.74, 6) is 0.737. The van der Waals surface area contributed by atoms with Crippen LogP contribution in [0.3, 0.4) is 0 Å². The Bertz CT molecular complexity index is 539. The number of nitrogens with zero attached hydrogens (tertiary/aromatic N) is 2. The molecular formula is C13H15N3. The number of nitrogens with one attached hydrogen (secondary N) is 1. The molecule has 0 saturated carbocycles. The number of rotatable bonds is 1. The third kappa shape index (κ3) is 1.62. The maximum Gasteiger partial charge on any atom is 0.0650 e. The second kappa shape index (κ2) is 3.74. The highest BCUT2D eigenvalue weighted by Crippen LogP contribution is 2.20. The Morgan fingerprint density at radius 1 is 1.38 bits per heavy atom. The molecule has 3 heteroatoms. The van der Waals surface area contributed by atoms with Crippen LogP contribution >= 0.6 is 0 Å². The molecule has 0 bridgehead atoms. The summed E-state index contributed by atoms with van der Waals surface area (Å²) in [6.45, 7) is 3.23. The van der Waals surface area contributed by atoms with Crippen LogP contribution in [0.2, 0.25) is 0 Å². The fraction of sp³-hybridized carbons (Fsp3) is 0.385. The summed E-state index contributed by atoms with van der Waals surface area (Å²) >= 11 is 0. The van der Waals surface area contributed by atoms with Gasteiger partial charge in [-0.15, -0.1) is 0 Å². The number of benzene rings is 1. The molecule has 1 N–H and O–H groups in total. The Morgan fingerprint density at radius 3 is 3.12 bits per heavy atom. The van der Waals surface area contributed by atoms with Gasteiger partial charge in [0.1, 0.15) is 0 Å². The van der Waals surface area contributed by atoms with Crippen molar-refractivity contribution in [1.29, 1.82) is 0 Å². The van der Waals surface area contributed by atoms with Gasteiger partial charge >= 0.3 is 0 Å². The molecule has 2 heterocycles. The van der Waals surface area contributed by atoms with Crippen molar-refractivity contribution in [2.45, 2.75) is 19.8 Å². The fourth-order valence-corrected chi connectivity index (χ4v) is 2.18. The predicted octanol–water partition coefficient (Wildman–Crippen LogP) is 2.78. The van der Waals surface area contributed by atoms with E-state index in [-0.39, 0.29) is 0 Å². The first-order valence-electron chi connectivity index (χ1n) is 5.80. The van der Waals surface area contributed by atoms with Crippen LogP contribution in [0.5, 0.6) is 0 Å². The molecule has 0 amide bonds. The topological polar surface area (TPSA) is 41.0 Å². The number of H-pyrrole nitrogens is 1. The molecule has 1 aromatic heterocycles. The first-order valence-corrected chi connectivity index (χ1v) is 5.80. The van der Waals surface area contributed by atoms with Gasteiger partial charge in [0.2, 0.25) is 0 Å². The van der Waals surface area contributed by atoms with Crippen LogP contribution in [0, 0.1) is 5.92 Å². The Labute approximate surface area is 94.6 Å². The van der Waals surface area contributed by atoms with Crippen LogP contribution in [0.25, 0.3) is 10.9 Å². The maximum absolute atomic E-state index is 4.66. The van der Waals surface area contributed by atoms with Gasteiger partial charge in [0.25, 0.3) is 0 Å². The van der Waals surface area contributed by atoms with Crippen molar-refractivity contribution < 1.29 is 0 Å². The number of aromatic amines is 1. The monoisotopic (exact) mass is 213 g/mol. The van der Waals surface area contributed by atoms with Crippen LogP contribution in [0.4, 0.5) is 0 Å². The molecule has 0 spiro atoms. The summed E-state index contributed by atoms with van der Waals surface area (Å²) in [6, 6.07) is 6.39. The van der Waals surface area contributed by atoms with E-state index < -0.39 is 0 Å². The van der Waals surface area contributed by atoms with Crippen LogP contribution < -0.4 is 0 Å². The van der Waals surface area contributed by atoms with Gasteiger partial charge in [-0.25, -0.2) is 0 Å². The van der Waals surface area contributed by atoms with Crippen molar-refractivity contribution in [1.82, 2.24) is 10.2 Å². The molecule has 1 aliphatic rings. The second-order valence-corrected chi connectivity index (χ2v) is 4.60. The minimum absolute atomic E-state index is 0.737. The maximum atomic E-state index is 4.66. The average Bonchev–Trinajstić information content (AvgIpc) is 2.77. The van der Waals surface area contributed by atoms with Gasteiger partial charge < -0.3 is 0 Å². The van der Waals surface area contributed by atoms with E-state index in [0.717, 1.165) is 24.4 Å². The Balaban J connectivity index is 1.99. The molecule has 16 heavy (non-hydrogen) atoms. The van der Waals surface area contributed by atoms with Crippen LogP contribution in [-0.4, -0.2) is 22.5 Å². The quantitative estimate of drug-likeness (QED) is 0.777.